The molecule has 0 N–H and O–H groups in total. The molecule has 0 radical (unpaired) electrons. The van der Waals surface area contributed by atoms with E-state index in [2.05, 4.69) is 61.5 Å². The van der Waals surface area contributed by atoms with E-state index in [0.29, 0.717) is 6.01 Å². The van der Waals surface area contributed by atoms with Crippen molar-refractivity contribution in [3.8, 4) is 6.01 Å². The molecule has 0 spiro atoms. The monoisotopic (exact) mass is 345 g/mol. The quantitative estimate of drug-likeness (QED) is 0.828. The summed E-state index contributed by atoms with van der Waals surface area (Å²) < 4.78 is 4.86. The molecule has 0 aliphatic heterocycles. The second kappa shape index (κ2) is 8.23. The molecule has 0 saturated carbocycles. The van der Waals surface area contributed by atoms with Crippen molar-refractivity contribution >= 4 is 5.95 Å². The van der Waals surface area contributed by atoms with Gasteiger partial charge in [-0.1, -0.05) is 41.5 Å². The van der Waals surface area contributed by atoms with Crippen LogP contribution < -0.4 is 9.64 Å². The second-order valence-corrected chi connectivity index (χ2v) is 8.12. The van der Waals surface area contributed by atoms with E-state index in [9.17, 15) is 0 Å². The lowest BCUT2D eigenvalue weighted by Crippen LogP contribution is -2.16. The molecule has 0 unspecified atom stereocenters. The van der Waals surface area contributed by atoms with Crippen LogP contribution in [0.2, 0.25) is 0 Å². The number of rotatable bonds is 2. The molecule has 25 heavy (non-hydrogen) atoms. The molecule has 0 atom stereocenters. The van der Waals surface area contributed by atoms with Crippen LogP contribution in [0.25, 0.3) is 0 Å². The maximum atomic E-state index is 4.86. The van der Waals surface area contributed by atoms with Gasteiger partial charge >= 0.3 is 6.01 Å². The van der Waals surface area contributed by atoms with Crippen LogP contribution in [0.1, 0.15) is 52.7 Å². The molecular weight excluding hydrogens is 314 g/mol. The Morgan fingerprint density at radius 3 is 1.36 bits per heavy atom. The third-order valence-electron chi connectivity index (χ3n) is 3.58. The number of nitrogens with zero attached hydrogens (tertiary/aromatic N) is 5. The SMILES string of the molecule is CN(C)c1ncc(C(C)(C)C)cn1.COc1ncc(C(C)(C)C)cn1. The molecule has 2 aromatic heterocycles. The molecule has 0 amide bonds. The van der Waals surface area contributed by atoms with Crippen molar-refractivity contribution < 1.29 is 4.74 Å². The summed E-state index contributed by atoms with van der Waals surface area (Å²) in [6.45, 7) is 12.8. The molecular formula is C19H31N5O. The molecule has 0 aliphatic carbocycles. The van der Waals surface area contributed by atoms with E-state index in [-0.39, 0.29) is 10.8 Å². The van der Waals surface area contributed by atoms with Crippen LogP contribution >= 0.6 is 0 Å². The van der Waals surface area contributed by atoms with Crippen molar-refractivity contribution in [2.45, 2.75) is 52.4 Å². The molecule has 2 rings (SSSR count). The normalized spacial score (nSPS) is 11.4. The zero-order valence-corrected chi connectivity index (χ0v) is 17.0. The lowest BCUT2D eigenvalue weighted by molar-refractivity contribution is 0.378. The maximum Gasteiger partial charge on any atom is 0.316 e. The van der Waals surface area contributed by atoms with Crippen LogP contribution in [0.15, 0.2) is 24.8 Å². The molecule has 2 heterocycles. The fourth-order valence-corrected chi connectivity index (χ4v) is 1.75. The summed E-state index contributed by atoms with van der Waals surface area (Å²) in [6.07, 6.45) is 7.38. The predicted molar refractivity (Wildman–Crippen MR) is 102 cm³/mol. The van der Waals surface area contributed by atoms with Crippen LogP contribution in [-0.4, -0.2) is 41.1 Å². The van der Waals surface area contributed by atoms with Crippen molar-refractivity contribution in [3.05, 3.63) is 35.9 Å². The largest absolute Gasteiger partial charge is 0.467 e. The lowest BCUT2D eigenvalue weighted by atomic mass is 9.89. The van der Waals surface area contributed by atoms with E-state index in [1.807, 2.05) is 31.4 Å². The van der Waals surface area contributed by atoms with Gasteiger partial charge in [0.2, 0.25) is 5.95 Å². The summed E-state index contributed by atoms with van der Waals surface area (Å²) in [5, 5.41) is 0. The van der Waals surface area contributed by atoms with Crippen molar-refractivity contribution in [2.24, 2.45) is 0 Å². The third kappa shape index (κ3) is 6.64. The van der Waals surface area contributed by atoms with Crippen molar-refractivity contribution in [3.63, 3.8) is 0 Å². The van der Waals surface area contributed by atoms with Gasteiger partial charge in [0.05, 0.1) is 7.11 Å². The number of hydrogen-bond donors (Lipinski definition) is 0. The van der Waals surface area contributed by atoms with Crippen LogP contribution in [0.3, 0.4) is 0 Å². The van der Waals surface area contributed by atoms with Crippen molar-refractivity contribution in [1.29, 1.82) is 0 Å². The van der Waals surface area contributed by atoms with Crippen LogP contribution in [0, 0.1) is 0 Å². The van der Waals surface area contributed by atoms with Gasteiger partial charge in [0.1, 0.15) is 0 Å². The van der Waals surface area contributed by atoms with E-state index < -0.39 is 0 Å². The van der Waals surface area contributed by atoms with E-state index in [4.69, 9.17) is 4.74 Å². The highest BCUT2D eigenvalue weighted by molar-refractivity contribution is 5.28. The first kappa shape index (κ1) is 20.8. The van der Waals surface area contributed by atoms with E-state index in [1.54, 1.807) is 19.5 Å². The van der Waals surface area contributed by atoms with E-state index in [0.717, 1.165) is 17.1 Å². The first-order chi connectivity index (χ1) is 11.4. The Bertz CT molecular complexity index is 638. The Labute approximate surface area is 151 Å². The lowest BCUT2D eigenvalue weighted by Gasteiger charge is -2.18. The van der Waals surface area contributed by atoms with Crippen LogP contribution in [0.4, 0.5) is 5.95 Å². The van der Waals surface area contributed by atoms with Crippen LogP contribution in [0.5, 0.6) is 6.01 Å². The van der Waals surface area contributed by atoms with Gasteiger partial charge in [0, 0.05) is 38.9 Å². The Kier molecular flexibility index (Phi) is 6.85. The summed E-state index contributed by atoms with van der Waals surface area (Å²) in [4.78, 5) is 18.5. The van der Waals surface area contributed by atoms with E-state index >= 15 is 0 Å². The van der Waals surface area contributed by atoms with Gasteiger partial charge in [-0.25, -0.2) is 19.9 Å². The second-order valence-electron chi connectivity index (χ2n) is 8.12. The molecule has 0 aliphatic rings. The van der Waals surface area contributed by atoms with Crippen molar-refractivity contribution in [1.82, 2.24) is 19.9 Å². The minimum absolute atomic E-state index is 0.103. The average Bonchev–Trinajstić information content (AvgIpc) is 2.54. The Morgan fingerprint density at radius 1 is 0.720 bits per heavy atom. The molecule has 0 fully saturated rings. The number of ether oxygens (including phenoxy) is 1. The van der Waals surface area contributed by atoms with Gasteiger partial charge in [-0.05, 0) is 22.0 Å². The molecule has 6 heteroatoms. The highest BCUT2D eigenvalue weighted by Crippen LogP contribution is 2.21. The van der Waals surface area contributed by atoms with Gasteiger partial charge in [-0.3, -0.25) is 0 Å². The highest BCUT2D eigenvalue weighted by atomic mass is 16.5. The minimum Gasteiger partial charge on any atom is -0.467 e. The third-order valence-corrected chi connectivity index (χ3v) is 3.58. The summed E-state index contributed by atoms with van der Waals surface area (Å²) in [5.74, 6) is 0.757. The standard InChI is InChI=1S/C10H17N3.C9H14N2O/c1-10(2,3)8-6-11-9(12-7-8)13(4)5;1-9(2,3)7-5-10-8(12-4)11-6-7/h6-7H,1-5H3;5-6H,1-4H3. The predicted octanol–water partition coefficient (Wildman–Crippen LogP) is 3.62. The zero-order chi connectivity index (χ0) is 19.3. The number of hydrogen-bond acceptors (Lipinski definition) is 6. The van der Waals surface area contributed by atoms with Gasteiger partial charge in [0.25, 0.3) is 0 Å². The van der Waals surface area contributed by atoms with Gasteiger partial charge in [-0.2, -0.15) is 0 Å². The van der Waals surface area contributed by atoms with Gasteiger partial charge in [-0.15, -0.1) is 0 Å². The average molecular weight is 345 g/mol. The molecule has 138 valence electrons. The highest BCUT2D eigenvalue weighted by Gasteiger charge is 2.15. The first-order valence-electron chi connectivity index (χ1n) is 8.31. The summed E-state index contributed by atoms with van der Waals surface area (Å²) in [5.41, 5.74) is 2.51. The summed E-state index contributed by atoms with van der Waals surface area (Å²) in [6, 6.07) is 0.419. The molecule has 0 aromatic carbocycles. The van der Waals surface area contributed by atoms with E-state index in [1.165, 1.54) is 0 Å². The first-order valence-corrected chi connectivity index (χ1v) is 8.31. The van der Waals surface area contributed by atoms with Gasteiger partial charge < -0.3 is 9.64 Å². The topological polar surface area (TPSA) is 64.0 Å². The maximum absolute atomic E-state index is 4.86. The number of methoxy groups -OCH3 is 1. The summed E-state index contributed by atoms with van der Waals surface area (Å²) in [7, 11) is 5.43. The molecule has 0 saturated heterocycles. The number of aromatic nitrogens is 4. The number of anilines is 1. The Hall–Kier alpha value is -2.24. The minimum atomic E-state index is 0.103. The molecule has 2 aromatic rings. The smallest absolute Gasteiger partial charge is 0.316 e. The molecule has 0 bridgehead atoms. The Balaban J connectivity index is 0.000000251. The molecule has 6 nitrogen and oxygen atoms in total. The van der Waals surface area contributed by atoms with Gasteiger partial charge in [0.15, 0.2) is 0 Å². The zero-order valence-electron chi connectivity index (χ0n) is 17.0. The Morgan fingerprint density at radius 2 is 1.08 bits per heavy atom. The summed E-state index contributed by atoms with van der Waals surface area (Å²) >= 11 is 0. The van der Waals surface area contributed by atoms with Crippen LogP contribution in [-0.2, 0) is 10.8 Å². The fourth-order valence-electron chi connectivity index (χ4n) is 1.75. The fraction of sp³-hybridized carbons (Fsp3) is 0.579. The van der Waals surface area contributed by atoms with Crippen molar-refractivity contribution in [2.75, 3.05) is 26.1 Å².